The third kappa shape index (κ3) is 1.32. The first-order valence-electron chi connectivity index (χ1n) is 4.48. The largest absolute Gasteiger partial charge is 0.481 e. The van der Waals surface area contributed by atoms with Gasteiger partial charge in [-0.15, -0.1) is 0 Å². The average molecular weight is 180 g/mol. The Morgan fingerprint density at radius 3 is 3.15 bits per heavy atom. The third-order valence-corrected chi connectivity index (χ3v) is 2.53. The van der Waals surface area contributed by atoms with Gasteiger partial charge >= 0.3 is 5.97 Å². The summed E-state index contributed by atoms with van der Waals surface area (Å²) in [6.45, 7) is 2.89. The van der Waals surface area contributed by atoms with Crippen LogP contribution in [0, 0.1) is 5.92 Å². The highest BCUT2D eigenvalue weighted by molar-refractivity contribution is 5.74. The number of rotatable bonds is 3. The molecule has 70 valence electrons. The molecule has 0 aliphatic heterocycles. The summed E-state index contributed by atoms with van der Waals surface area (Å²) < 4.78 is 2.01. The summed E-state index contributed by atoms with van der Waals surface area (Å²) in [7, 11) is 0. The summed E-state index contributed by atoms with van der Waals surface area (Å²) in [6, 6.07) is 0. The first kappa shape index (κ1) is 8.29. The molecule has 1 saturated carbocycles. The molecule has 0 spiro atoms. The summed E-state index contributed by atoms with van der Waals surface area (Å²) in [5.74, 6) is 0.172. The summed E-state index contributed by atoms with van der Waals surface area (Å²) in [5.41, 5.74) is 0. The van der Waals surface area contributed by atoms with Crippen molar-refractivity contribution in [3.8, 4) is 0 Å². The van der Waals surface area contributed by atoms with Crippen LogP contribution in [0.5, 0.6) is 0 Å². The van der Waals surface area contributed by atoms with Crippen molar-refractivity contribution in [3.63, 3.8) is 0 Å². The van der Waals surface area contributed by atoms with Crippen LogP contribution >= 0.6 is 0 Å². The number of aryl methyl sites for hydroxylation is 1. The molecule has 1 heterocycles. The lowest BCUT2D eigenvalue weighted by Crippen LogP contribution is -2.04. The number of imidazole rings is 1. The summed E-state index contributed by atoms with van der Waals surface area (Å²) in [4.78, 5) is 14.8. The van der Waals surface area contributed by atoms with Crippen LogP contribution < -0.4 is 0 Å². The van der Waals surface area contributed by atoms with E-state index in [1.54, 1.807) is 6.20 Å². The van der Waals surface area contributed by atoms with Gasteiger partial charge in [0.1, 0.15) is 5.82 Å². The maximum absolute atomic E-state index is 10.6. The second-order valence-corrected chi connectivity index (χ2v) is 3.36. The third-order valence-electron chi connectivity index (χ3n) is 2.53. The highest BCUT2D eigenvalue weighted by atomic mass is 16.4. The molecule has 4 heteroatoms. The minimum Gasteiger partial charge on any atom is -0.481 e. The topological polar surface area (TPSA) is 55.1 Å². The van der Waals surface area contributed by atoms with E-state index in [9.17, 15) is 4.79 Å². The van der Waals surface area contributed by atoms with Crippen molar-refractivity contribution >= 4 is 5.97 Å². The van der Waals surface area contributed by atoms with Crippen LogP contribution in [-0.2, 0) is 11.3 Å². The molecular weight excluding hydrogens is 168 g/mol. The summed E-state index contributed by atoms with van der Waals surface area (Å²) in [6.07, 6.45) is 4.37. The average Bonchev–Trinajstić information content (AvgIpc) is 2.77. The molecule has 0 saturated heterocycles. The molecule has 0 bridgehead atoms. The van der Waals surface area contributed by atoms with Crippen molar-refractivity contribution in [3.05, 3.63) is 18.2 Å². The predicted octanol–water partition coefficient (Wildman–Crippen LogP) is 1.09. The summed E-state index contributed by atoms with van der Waals surface area (Å²) >= 11 is 0. The summed E-state index contributed by atoms with van der Waals surface area (Å²) in [5, 5.41) is 8.75. The molecule has 13 heavy (non-hydrogen) atoms. The van der Waals surface area contributed by atoms with Crippen molar-refractivity contribution in [2.75, 3.05) is 0 Å². The van der Waals surface area contributed by atoms with Crippen molar-refractivity contribution < 1.29 is 9.90 Å². The Hall–Kier alpha value is -1.32. The Kier molecular flexibility index (Phi) is 1.83. The zero-order chi connectivity index (χ0) is 9.42. The smallest absolute Gasteiger partial charge is 0.307 e. The van der Waals surface area contributed by atoms with Gasteiger partial charge in [0, 0.05) is 24.9 Å². The molecule has 4 nitrogen and oxygen atoms in total. The van der Waals surface area contributed by atoms with Gasteiger partial charge in [0.15, 0.2) is 0 Å². The second kappa shape index (κ2) is 2.87. The molecule has 0 amide bonds. The maximum atomic E-state index is 10.6. The Morgan fingerprint density at radius 2 is 2.62 bits per heavy atom. The van der Waals surface area contributed by atoms with Crippen molar-refractivity contribution in [2.45, 2.75) is 25.8 Å². The standard InChI is InChI=1S/C9H12N2O2/c1-2-11-4-3-10-8(11)6-5-7(6)9(12)13/h3-4,6-7H,2,5H2,1H3,(H,12,13)/t6-,7-/m1/s1. The van der Waals surface area contributed by atoms with Crippen LogP contribution in [0.25, 0.3) is 0 Å². The number of aromatic nitrogens is 2. The van der Waals surface area contributed by atoms with Crippen molar-refractivity contribution in [1.29, 1.82) is 0 Å². The fourth-order valence-electron chi connectivity index (χ4n) is 1.67. The number of carboxylic acids is 1. The molecule has 0 aromatic carbocycles. The van der Waals surface area contributed by atoms with E-state index >= 15 is 0 Å². The molecule has 0 radical (unpaired) electrons. The lowest BCUT2D eigenvalue weighted by Gasteiger charge is -2.01. The van der Waals surface area contributed by atoms with E-state index in [1.165, 1.54) is 0 Å². The van der Waals surface area contributed by atoms with Crippen LogP contribution in [-0.4, -0.2) is 20.6 Å². The lowest BCUT2D eigenvalue weighted by atomic mass is 10.3. The zero-order valence-corrected chi connectivity index (χ0v) is 7.47. The molecule has 1 aromatic rings. The van der Waals surface area contributed by atoms with E-state index in [2.05, 4.69) is 4.98 Å². The van der Waals surface area contributed by atoms with E-state index in [0.717, 1.165) is 18.8 Å². The zero-order valence-electron chi connectivity index (χ0n) is 7.47. The highest BCUT2D eigenvalue weighted by Crippen LogP contribution is 2.46. The van der Waals surface area contributed by atoms with E-state index in [0.29, 0.717) is 0 Å². The molecule has 0 unspecified atom stereocenters. The van der Waals surface area contributed by atoms with Gasteiger partial charge in [0.25, 0.3) is 0 Å². The molecule has 1 aliphatic rings. The number of hydrogen-bond acceptors (Lipinski definition) is 2. The highest BCUT2D eigenvalue weighted by Gasteiger charge is 2.46. The molecule has 1 aliphatic carbocycles. The van der Waals surface area contributed by atoms with Crippen LogP contribution in [0.3, 0.4) is 0 Å². The number of carbonyl (C=O) groups is 1. The first-order chi connectivity index (χ1) is 6.24. The van der Waals surface area contributed by atoms with Gasteiger partial charge in [-0.25, -0.2) is 4.98 Å². The monoisotopic (exact) mass is 180 g/mol. The minimum absolute atomic E-state index is 0.146. The van der Waals surface area contributed by atoms with Gasteiger partial charge in [-0.1, -0.05) is 0 Å². The second-order valence-electron chi connectivity index (χ2n) is 3.36. The van der Waals surface area contributed by atoms with Gasteiger partial charge < -0.3 is 9.67 Å². The maximum Gasteiger partial charge on any atom is 0.307 e. The number of hydrogen-bond donors (Lipinski definition) is 1. The molecule has 1 N–H and O–H groups in total. The number of nitrogens with zero attached hydrogens (tertiary/aromatic N) is 2. The Balaban J connectivity index is 2.15. The van der Waals surface area contributed by atoms with E-state index in [-0.39, 0.29) is 11.8 Å². The van der Waals surface area contributed by atoms with Gasteiger partial charge in [-0.2, -0.15) is 0 Å². The van der Waals surface area contributed by atoms with E-state index < -0.39 is 5.97 Å². The Morgan fingerprint density at radius 1 is 1.85 bits per heavy atom. The molecular formula is C9H12N2O2. The molecule has 2 rings (SSSR count). The van der Waals surface area contributed by atoms with Crippen LogP contribution in [0.2, 0.25) is 0 Å². The Labute approximate surface area is 76.2 Å². The first-order valence-corrected chi connectivity index (χ1v) is 4.48. The fourth-order valence-corrected chi connectivity index (χ4v) is 1.67. The molecule has 2 atom stereocenters. The SMILES string of the molecule is CCn1ccnc1[C@@H]1C[C@H]1C(=O)O. The quantitative estimate of drug-likeness (QED) is 0.757. The van der Waals surface area contributed by atoms with Crippen LogP contribution in [0.1, 0.15) is 25.1 Å². The van der Waals surface area contributed by atoms with Gasteiger partial charge in [0.2, 0.25) is 0 Å². The van der Waals surface area contributed by atoms with Gasteiger partial charge in [-0.05, 0) is 13.3 Å². The molecule has 1 aromatic heterocycles. The Bertz CT molecular complexity index is 332. The number of aliphatic carboxylic acids is 1. The van der Waals surface area contributed by atoms with Crippen molar-refractivity contribution in [1.82, 2.24) is 9.55 Å². The van der Waals surface area contributed by atoms with Crippen molar-refractivity contribution in [2.24, 2.45) is 5.92 Å². The lowest BCUT2D eigenvalue weighted by molar-refractivity contribution is -0.138. The number of carboxylic acid groups (broad SMARTS) is 1. The van der Waals surface area contributed by atoms with E-state index in [1.807, 2.05) is 17.7 Å². The minimum atomic E-state index is -0.698. The normalized spacial score (nSPS) is 25.9. The van der Waals surface area contributed by atoms with E-state index in [4.69, 9.17) is 5.11 Å². The van der Waals surface area contributed by atoms with Crippen LogP contribution in [0.4, 0.5) is 0 Å². The predicted molar refractivity (Wildman–Crippen MR) is 46.4 cm³/mol. The molecule has 1 fully saturated rings. The van der Waals surface area contributed by atoms with Gasteiger partial charge in [0.05, 0.1) is 5.92 Å². The van der Waals surface area contributed by atoms with Crippen LogP contribution in [0.15, 0.2) is 12.4 Å². The fraction of sp³-hybridized carbons (Fsp3) is 0.556. The van der Waals surface area contributed by atoms with Gasteiger partial charge in [-0.3, -0.25) is 4.79 Å².